The van der Waals surface area contributed by atoms with E-state index >= 15 is 0 Å². The zero-order valence-corrected chi connectivity index (χ0v) is 25.0. The lowest BCUT2D eigenvalue weighted by Gasteiger charge is -2.11. The minimum absolute atomic E-state index is 0.00758. The van der Waals surface area contributed by atoms with Crippen molar-refractivity contribution in [2.75, 3.05) is 42.3 Å². The molecule has 0 radical (unpaired) electrons. The highest BCUT2D eigenvalue weighted by Gasteiger charge is 2.16. The molecule has 0 aliphatic rings. The molecular formula is C33H35N7O2S. The fraction of sp³-hybridized carbons (Fsp3) is 0.182. The van der Waals surface area contributed by atoms with E-state index in [1.54, 1.807) is 17.5 Å². The Morgan fingerprint density at radius 1 is 0.860 bits per heavy atom. The number of hydrogen-bond acceptors (Lipinski definition) is 7. The Hall–Kier alpha value is -4.77. The van der Waals surface area contributed by atoms with Crippen LogP contribution in [-0.2, 0) is 11.3 Å². The first-order valence-corrected chi connectivity index (χ1v) is 14.9. The standard InChI is InChI=1S/C33H35N7O2S/c1-40(2)16-4-7-29(41)37-24-12-8-22(9-13-24)27-19-36-32(35)30-28(20-43-31(27)30)23-10-14-25(15-11-23)38-33(42)39-26-6-3-5-21(17-26)18-34/h3,5-6,8-15,17,19-20H,4,7,16,18,34H2,1-2H3,(H2,35,36)(H,37,41)(H2,38,39,42). The summed E-state index contributed by atoms with van der Waals surface area (Å²) in [6.45, 7) is 1.28. The first kappa shape index (κ1) is 29.7. The van der Waals surface area contributed by atoms with Crippen LogP contribution in [0.2, 0.25) is 0 Å². The Bertz CT molecular complexity index is 1730. The van der Waals surface area contributed by atoms with E-state index < -0.39 is 0 Å². The van der Waals surface area contributed by atoms with Crippen LogP contribution in [0.3, 0.4) is 0 Å². The number of aromatic nitrogens is 1. The number of nitrogens with zero attached hydrogens (tertiary/aromatic N) is 2. The van der Waals surface area contributed by atoms with Crippen LogP contribution in [-0.4, -0.2) is 42.5 Å². The number of urea groups is 1. The molecule has 7 N–H and O–H groups in total. The fourth-order valence-corrected chi connectivity index (χ4v) is 5.92. The number of nitrogens with one attached hydrogen (secondary N) is 3. The van der Waals surface area contributed by atoms with Gasteiger partial charge in [-0.1, -0.05) is 36.4 Å². The molecule has 0 saturated carbocycles. The van der Waals surface area contributed by atoms with Crippen LogP contribution in [0, 0.1) is 0 Å². The number of carbonyl (C=O) groups excluding carboxylic acids is 2. The average Bonchev–Trinajstić information content (AvgIpc) is 3.44. The smallest absolute Gasteiger partial charge is 0.323 e. The second-order valence-corrected chi connectivity index (χ2v) is 11.4. The van der Waals surface area contributed by atoms with Crippen molar-refractivity contribution in [3.05, 3.63) is 89.9 Å². The normalized spacial score (nSPS) is 11.1. The molecular weight excluding hydrogens is 558 g/mol. The van der Waals surface area contributed by atoms with Crippen molar-refractivity contribution in [3.8, 4) is 22.3 Å². The van der Waals surface area contributed by atoms with Gasteiger partial charge in [0.15, 0.2) is 0 Å². The number of nitrogens with two attached hydrogens (primary N) is 2. The van der Waals surface area contributed by atoms with Crippen LogP contribution in [0.1, 0.15) is 18.4 Å². The maximum Gasteiger partial charge on any atom is 0.323 e. The molecule has 5 aromatic rings. The molecule has 43 heavy (non-hydrogen) atoms. The third kappa shape index (κ3) is 7.36. The summed E-state index contributed by atoms with van der Waals surface area (Å²) in [7, 11) is 4.00. The van der Waals surface area contributed by atoms with E-state index in [1.807, 2.05) is 86.9 Å². The Kier molecular flexibility index (Phi) is 9.31. The van der Waals surface area contributed by atoms with E-state index in [9.17, 15) is 9.59 Å². The molecule has 0 aliphatic carbocycles. The number of benzene rings is 3. The number of pyridine rings is 1. The molecule has 2 aromatic heterocycles. The zero-order chi connectivity index (χ0) is 30.3. The Labute approximate surface area is 254 Å². The van der Waals surface area contributed by atoms with E-state index in [2.05, 4.69) is 31.2 Å². The molecule has 220 valence electrons. The maximum atomic E-state index is 12.5. The SMILES string of the molecule is CN(C)CCCC(=O)Nc1ccc(-c2cnc(N)c3c(-c4ccc(NC(=O)Nc5cccc(CN)c5)cc4)csc23)cc1. The number of rotatable bonds is 10. The summed E-state index contributed by atoms with van der Waals surface area (Å²) in [5, 5.41) is 11.6. The number of hydrogen-bond donors (Lipinski definition) is 5. The van der Waals surface area contributed by atoms with Crippen LogP contribution < -0.4 is 27.4 Å². The molecule has 0 saturated heterocycles. The van der Waals surface area contributed by atoms with Crippen LogP contribution >= 0.6 is 11.3 Å². The molecule has 0 unspecified atom stereocenters. The number of nitrogen functional groups attached to an aromatic ring is 1. The molecule has 5 rings (SSSR count). The molecule has 2 heterocycles. The van der Waals surface area contributed by atoms with Gasteiger partial charge in [-0.15, -0.1) is 11.3 Å². The summed E-state index contributed by atoms with van der Waals surface area (Å²) in [4.78, 5) is 31.4. The minimum Gasteiger partial charge on any atom is -0.383 e. The maximum absolute atomic E-state index is 12.5. The van der Waals surface area contributed by atoms with Gasteiger partial charge in [-0.3, -0.25) is 4.79 Å². The largest absolute Gasteiger partial charge is 0.383 e. The van der Waals surface area contributed by atoms with Gasteiger partial charge in [0.25, 0.3) is 0 Å². The molecule has 0 atom stereocenters. The van der Waals surface area contributed by atoms with E-state index in [0.29, 0.717) is 30.2 Å². The van der Waals surface area contributed by atoms with Crippen molar-refractivity contribution in [3.63, 3.8) is 0 Å². The van der Waals surface area contributed by atoms with Gasteiger partial charge >= 0.3 is 6.03 Å². The second-order valence-electron chi connectivity index (χ2n) is 10.5. The van der Waals surface area contributed by atoms with Crippen LogP contribution in [0.5, 0.6) is 0 Å². The highest BCUT2D eigenvalue weighted by Crippen LogP contribution is 2.42. The van der Waals surface area contributed by atoms with Crippen LogP contribution in [0.4, 0.5) is 27.7 Å². The lowest BCUT2D eigenvalue weighted by atomic mass is 10.0. The van der Waals surface area contributed by atoms with E-state index in [4.69, 9.17) is 11.5 Å². The molecule has 0 fully saturated rings. The quantitative estimate of drug-likeness (QED) is 0.124. The van der Waals surface area contributed by atoms with Crippen molar-refractivity contribution in [2.45, 2.75) is 19.4 Å². The van der Waals surface area contributed by atoms with Crippen molar-refractivity contribution >= 4 is 56.2 Å². The Morgan fingerprint density at radius 2 is 1.51 bits per heavy atom. The monoisotopic (exact) mass is 593 g/mol. The van der Waals surface area contributed by atoms with E-state index in [1.165, 1.54) is 0 Å². The van der Waals surface area contributed by atoms with Crippen LogP contribution in [0.25, 0.3) is 32.3 Å². The molecule has 3 aromatic carbocycles. The molecule has 9 nitrogen and oxygen atoms in total. The van der Waals surface area contributed by atoms with Gasteiger partial charge in [-0.05, 0) is 85.5 Å². The zero-order valence-electron chi connectivity index (χ0n) is 24.2. The van der Waals surface area contributed by atoms with Crippen molar-refractivity contribution in [1.82, 2.24) is 9.88 Å². The predicted molar refractivity (Wildman–Crippen MR) is 178 cm³/mol. The number of anilines is 4. The molecule has 3 amide bonds. The van der Waals surface area contributed by atoms with Gasteiger partial charge in [0.05, 0.1) is 0 Å². The molecule has 10 heteroatoms. The third-order valence-electron chi connectivity index (χ3n) is 6.99. The number of fused-ring (bicyclic) bond motifs is 1. The number of carbonyl (C=O) groups is 2. The van der Waals surface area contributed by atoms with Crippen molar-refractivity contribution < 1.29 is 9.59 Å². The highest BCUT2D eigenvalue weighted by molar-refractivity contribution is 7.18. The number of amides is 3. The lowest BCUT2D eigenvalue weighted by Crippen LogP contribution is -2.19. The summed E-state index contributed by atoms with van der Waals surface area (Å²) >= 11 is 1.61. The fourth-order valence-electron chi connectivity index (χ4n) is 4.80. The Balaban J connectivity index is 1.29. The minimum atomic E-state index is -0.337. The van der Waals surface area contributed by atoms with Gasteiger partial charge in [0.1, 0.15) is 5.82 Å². The highest BCUT2D eigenvalue weighted by atomic mass is 32.1. The van der Waals surface area contributed by atoms with Gasteiger partial charge in [0, 0.05) is 57.4 Å². The topological polar surface area (TPSA) is 138 Å². The summed E-state index contributed by atoms with van der Waals surface area (Å²) in [6, 6.07) is 22.5. The van der Waals surface area contributed by atoms with Gasteiger partial charge < -0.3 is 32.3 Å². The third-order valence-corrected chi connectivity index (χ3v) is 8.00. The average molecular weight is 594 g/mol. The first-order valence-electron chi connectivity index (χ1n) is 14.0. The second kappa shape index (κ2) is 13.5. The van der Waals surface area contributed by atoms with Gasteiger partial charge in [-0.25, -0.2) is 9.78 Å². The molecule has 0 bridgehead atoms. The van der Waals surface area contributed by atoms with Crippen molar-refractivity contribution in [1.29, 1.82) is 0 Å². The van der Waals surface area contributed by atoms with Crippen LogP contribution in [0.15, 0.2) is 84.4 Å². The van der Waals surface area contributed by atoms with Crippen molar-refractivity contribution in [2.24, 2.45) is 5.73 Å². The molecule has 0 aliphatic heterocycles. The first-order chi connectivity index (χ1) is 20.8. The number of thiophene rings is 1. The summed E-state index contributed by atoms with van der Waals surface area (Å²) < 4.78 is 1.03. The predicted octanol–water partition coefficient (Wildman–Crippen LogP) is 6.60. The Morgan fingerprint density at radius 3 is 2.19 bits per heavy atom. The summed E-state index contributed by atoms with van der Waals surface area (Å²) in [5.41, 5.74) is 19.0. The van der Waals surface area contributed by atoms with Gasteiger partial charge in [-0.2, -0.15) is 0 Å². The summed E-state index contributed by atoms with van der Waals surface area (Å²) in [5.74, 6) is 0.464. The summed E-state index contributed by atoms with van der Waals surface area (Å²) in [6.07, 6.45) is 3.09. The van der Waals surface area contributed by atoms with E-state index in [-0.39, 0.29) is 11.9 Å². The van der Waals surface area contributed by atoms with E-state index in [0.717, 1.165) is 56.6 Å². The lowest BCUT2D eigenvalue weighted by molar-refractivity contribution is -0.116. The molecule has 0 spiro atoms. The van der Waals surface area contributed by atoms with Gasteiger partial charge in [0.2, 0.25) is 5.91 Å².